The van der Waals surface area contributed by atoms with Crippen LogP contribution in [0.5, 0.6) is 0 Å². The zero-order valence-electron chi connectivity index (χ0n) is 11.0. The highest BCUT2D eigenvalue weighted by atomic mass is 127. The van der Waals surface area contributed by atoms with E-state index in [4.69, 9.17) is 0 Å². The summed E-state index contributed by atoms with van der Waals surface area (Å²) in [5, 5.41) is 10.6. The Morgan fingerprint density at radius 3 is 2.89 bits per heavy atom. The lowest BCUT2D eigenvalue weighted by molar-refractivity contribution is 0.443. The first-order chi connectivity index (χ1) is 8.26. The molecule has 102 valence electrons. The van der Waals surface area contributed by atoms with Crippen LogP contribution in [0.3, 0.4) is 0 Å². The molecule has 0 spiro atoms. The molecule has 1 aromatic heterocycles. The fourth-order valence-corrected chi connectivity index (χ4v) is 1.45. The van der Waals surface area contributed by atoms with E-state index in [1.165, 1.54) is 0 Å². The third-order valence-corrected chi connectivity index (χ3v) is 2.31. The zero-order chi connectivity index (χ0) is 12.5. The molecule has 0 radical (unpaired) electrons. The molecule has 0 amide bonds. The highest BCUT2D eigenvalue weighted by molar-refractivity contribution is 14.0. The van der Waals surface area contributed by atoms with Crippen molar-refractivity contribution in [3.05, 3.63) is 31.1 Å². The summed E-state index contributed by atoms with van der Waals surface area (Å²) in [4.78, 5) is 4.12. The Kier molecular flexibility index (Phi) is 9.35. The van der Waals surface area contributed by atoms with E-state index >= 15 is 0 Å². The van der Waals surface area contributed by atoms with Gasteiger partial charge in [0.05, 0.1) is 0 Å². The Morgan fingerprint density at radius 2 is 2.33 bits per heavy atom. The number of nitrogens with zero attached hydrogens (tertiary/aromatic N) is 3. The standard InChI is InChI=1S/C12H21N5.HI/c1-4-6-14-12(13-3)15-9-11(2)10-17-8-5-7-16-17;/h4-5,7-8,11H,1,6,9-10H2,2-3H3,(H2,13,14,15);1H. The molecule has 0 aliphatic carbocycles. The quantitative estimate of drug-likeness (QED) is 0.349. The zero-order valence-corrected chi connectivity index (χ0v) is 13.3. The number of aliphatic imine (C=N–C) groups is 1. The normalized spacial score (nSPS) is 12.4. The Balaban J connectivity index is 0.00000289. The second-order valence-corrected chi connectivity index (χ2v) is 3.96. The molecule has 18 heavy (non-hydrogen) atoms. The minimum Gasteiger partial charge on any atom is -0.356 e. The molecule has 6 heteroatoms. The number of halogens is 1. The van der Waals surface area contributed by atoms with E-state index in [1.807, 2.05) is 16.9 Å². The van der Waals surface area contributed by atoms with Crippen LogP contribution < -0.4 is 10.6 Å². The Hall–Kier alpha value is -1.05. The van der Waals surface area contributed by atoms with Gasteiger partial charge in [0.2, 0.25) is 0 Å². The summed E-state index contributed by atoms with van der Waals surface area (Å²) in [6, 6.07) is 1.94. The van der Waals surface area contributed by atoms with Crippen molar-refractivity contribution in [1.82, 2.24) is 20.4 Å². The summed E-state index contributed by atoms with van der Waals surface area (Å²) in [6.45, 7) is 8.31. The van der Waals surface area contributed by atoms with Crippen LogP contribution in [0.1, 0.15) is 6.92 Å². The van der Waals surface area contributed by atoms with Gasteiger partial charge < -0.3 is 10.6 Å². The lowest BCUT2D eigenvalue weighted by Gasteiger charge is -2.15. The Labute approximate surface area is 126 Å². The van der Waals surface area contributed by atoms with Crippen molar-refractivity contribution in [2.24, 2.45) is 10.9 Å². The van der Waals surface area contributed by atoms with Crippen molar-refractivity contribution in [3.8, 4) is 0 Å². The van der Waals surface area contributed by atoms with E-state index in [1.54, 1.807) is 19.3 Å². The number of hydrogen-bond acceptors (Lipinski definition) is 2. The summed E-state index contributed by atoms with van der Waals surface area (Å²) in [7, 11) is 1.76. The molecule has 0 aliphatic heterocycles. The average molecular weight is 363 g/mol. The van der Waals surface area contributed by atoms with Crippen LogP contribution in [0, 0.1) is 5.92 Å². The van der Waals surface area contributed by atoms with Gasteiger partial charge in [0.25, 0.3) is 0 Å². The largest absolute Gasteiger partial charge is 0.356 e. The predicted molar refractivity (Wildman–Crippen MR) is 86.4 cm³/mol. The van der Waals surface area contributed by atoms with Gasteiger partial charge in [-0.1, -0.05) is 13.0 Å². The fourth-order valence-electron chi connectivity index (χ4n) is 1.45. The molecule has 1 unspecified atom stereocenters. The van der Waals surface area contributed by atoms with Gasteiger partial charge in [-0.15, -0.1) is 30.6 Å². The van der Waals surface area contributed by atoms with Crippen molar-refractivity contribution >= 4 is 29.9 Å². The molecular weight excluding hydrogens is 341 g/mol. The van der Waals surface area contributed by atoms with Gasteiger partial charge in [0, 0.05) is 39.1 Å². The van der Waals surface area contributed by atoms with Crippen molar-refractivity contribution in [2.45, 2.75) is 13.5 Å². The third-order valence-electron chi connectivity index (χ3n) is 2.31. The molecule has 1 heterocycles. The second kappa shape index (κ2) is 9.93. The highest BCUT2D eigenvalue weighted by Crippen LogP contribution is 1.97. The molecule has 0 saturated heterocycles. The minimum atomic E-state index is 0. The summed E-state index contributed by atoms with van der Waals surface area (Å²) in [6.07, 6.45) is 5.58. The Morgan fingerprint density at radius 1 is 1.56 bits per heavy atom. The van der Waals surface area contributed by atoms with Crippen LogP contribution in [0.25, 0.3) is 0 Å². The van der Waals surface area contributed by atoms with Crippen molar-refractivity contribution in [2.75, 3.05) is 20.1 Å². The minimum absolute atomic E-state index is 0. The maximum atomic E-state index is 4.18. The van der Waals surface area contributed by atoms with Gasteiger partial charge in [-0.3, -0.25) is 9.67 Å². The first kappa shape index (κ1) is 16.9. The summed E-state index contributed by atoms with van der Waals surface area (Å²) in [5.41, 5.74) is 0. The van der Waals surface area contributed by atoms with Gasteiger partial charge in [-0.2, -0.15) is 5.10 Å². The predicted octanol–water partition coefficient (Wildman–Crippen LogP) is 1.49. The van der Waals surface area contributed by atoms with Gasteiger partial charge in [0.15, 0.2) is 5.96 Å². The van der Waals surface area contributed by atoms with Crippen LogP contribution in [0.4, 0.5) is 0 Å². The molecule has 0 bridgehead atoms. The molecule has 0 fully saturated rings. The molecule has 5 nitrogen and oxygen atoms in total. The van der Waals surface area contributed by atoms with Crippen LogP contribution in [0.2, 0.25) is 0 Å². The monoisotopic (exact) mass is 363 g/mol. The lowest BCUT2D eigenvalue weighted by Crippen LogP contribution is -2.40. The maximum absolute atomic E-state index is 4.18. The van der Waals surface area contributed by atoms with E-state index in [9.17, 15) is 0 Å². The molecule has 0 aliphatic rings. The molecule has 1 rings (SSSR count). The van der Waals surface area contributed by atoms with Crippen LogP contribution in [0.15, 0.2) is 36.1 Å². The first-order valence-corrected chi connectivity index (χ1v) is 5.79. The topological polar surface area (TPSA) is 54.2 Å². The number of hydrogen-bond donors (Lipinski definition) is 2. The van der Waals surface area contributed by atoms with Crippen molar-refractivity contribution in [1.29, 1.82) is 0 Å². The van der Waals surface area contributed by atoms with E-state index < -0.39 is 0 Å². The number of aromatic nitrogens is 2. The lowest BCUT2D eigenvalue weighted by atomic mass is 10.2. The SMILES string of the molecule is C=CCNC(=NC)NCC(C)Cn1cccn1.I. The van der Waals surface area contributed by atoms with Crippen LogP contribution in [-0.2, 0) is 6.54 Å². The summed E-state index contributed by atoms with van der Waals surface area (Å²) in [5.74, 6) is 1.29. The van der Waals surface area contributed by atoms with E-state index in [0.29, 0.717) is 12.5 Å². The number of nitrogens with one attached hydrogen (secondary N) is 2. The first-order valence-electron chi connectivity index (χ1n) is 5.79. The smallest absolute Gasteiger partial charge is 0.191 e. The van der Waals surface area contributed by atoms with Gasteiger partial charge in [0.1, 0.15) is 0 Å². The fraction of sp³-hybridized carbons (Fsp3) is 0.500. The third kappa shape index (κ3) is 6.63. The number of rotatable bonds is 6. The van der Waals surface area contributed by atoms with Crippen molar-refractivity contribution in [3.63, 3.8) is 0 Å². The summed E-state index contributed by atoms with van der Waals surface area (Å²) < 4.78 is 1.94. The molecule has 0 saturated carbocycles. The maximum Gasteiger partial charge on any atom is 0.191 e. The molecule has 0 aromatic carbocycles. The van der Waals surface area contributed by atoms with Gasteiger partial charge in [-0.25, -0.2) is 0 Å². The van der Waals surface area contributed by atoms with E-state index in [0.717, 1.165) is 19.0 Å². The van der Waals surface area contributed by atoms with Crippen LogP contribution in [-0.4, -0.2) is 35.9 Å². The number of guanidine groups is 1. The van der Waals surface area contributed by atoms with Gasteiger partial charge >= 0.3 is 0 Å². The summed E-state index contributed by atoms with van der Waals surface area (Å²) >= 11 is 0. The Bertz CT molecular complexity index is 347. The van der Waals surface area contributed by atoms with Crippen LogP contribution >= 0.6 is 24.0 Å². The molecule has 2 N–H and O–H groups in total. The molecular formula is C12H22IN5. The van der Waals surface area contributed by atoms with Crippen molar-refractivity contribution < 1.29 is 0 Å². The molecule has 1 atom stereocenters. The molecule has 1 aromatic rings. The van der Waals surface area contributed by atoms with E-state index in [-0.39, 0.29) is 24.0 Å². The second-order valence-electron chi connectivity index (χ2n) is 3.96. The average Bonchev–Trinajstić information content (AvgIpc) is 2.82. The highest BCUT2D eigenvalue weighted by Gasteiger charge is 2.04. The van der Waals surface area contributed by atoms with E-state index in [2.05, 4.69) is 34.2 Å². The van der Waals surface area contributed by atoms with Gasteiger partial charge in [-0.05, 0) is 12.0 Å².